The Morgan fingerprint density at radius 2 is 1.77 bits per heavy atom. The number of hydrogen-bond donors (Lipinski definition) is 0. The van der Waals surface area contributed by atoms with Crippen LogP contribution in [0.4, 0.5) is 12.7 Å². The molecule has 0 aliphatic carbocycles. The van der Waals surface area contributed by atoms with Crippen molar-refractivity contribution in [2.75, 3.05) is 0 Å². The number of alkyl halides is 2. The number of carbonyl (C=O) groups is 1. The van der Waals surface area contributed by atoms with Gasteiger partial charge in [0.05, 0.1) is 6.10 Å². The molecule has 8 heteroatoms. The van der Waals surface area contributed by atoms with Crippen LogP contribution in [0.3, 0.4) is 0 Å². The van der Waals surface area contributed by atoms with Crippen LogP contribution in [0.25, 0.3) is 0 Å². The minimum absolute atomic E-state index is 0.944. The van der Waals surface area contributed by atoms with Crippen LogP contribution in [0, 0.1) is 0 Å². The zero-order chi connectivity index (χ0) is 10.9. The van der Waals surface area contributed by atoms with Crippen LogP contribution >= 0.6 is 0 Å². The topological polar surface area (TPSA) is 60.4 Å². The van der Waals surface area contributed by atoms with E-state index < -0.39 is 27.6 Å². The average Bonchev–Trinajstić information content (AvgIpc) is 1.82. The van der Waals surface area contributed by atoms with Crippen molar-refractivity contribution in [2.45, 2.75) is 25.2 Å². The lowest BCUT2D eigenvalue weighted by atomic mass is 10.5. The highest BCUT2D eigenvalue weighted by atomic mass is 32.3. The molecule has 0 heterocycles. The van der Waals surface area contributed by atoms with E-state index in [0.717, 1.165) is 0 Å². The van der Waals surface area contributed by atoms with Gasteiger partial charge in [-0.15, -0.1) is 0 Å². The summed E-state index contributed by atoms with van der Waals surface area (Å²) in [5.74, 6) is -2.41. The van der Waals surface area contributed by atoms with Gasteiger partial charge in [0.2, 0.25) is 0 Å². The highest BCUT2D eigenvalue weighted by molar-refractivity contribution is 7.88. The van der Waals surface area contributed by atoms with Crippen LogP contribution in [0.2, 0.25) is 0 Å². The van der Waals surface area contributed by atoms with Crippen molar-refractivity contribution in [1.82, 2.24) is 0 Å². The van der Waals surface area contributed by atoms with Gasteiger partial charge in [-0.2, -0.15) is 17.2 Å². The molecular formula is C5H7F3O4S. The average molecular weight is 220 g/mol. The van der Waals surface area contributed by atoms with E-state index >= 15 is 0 Å². The predicted molar refractivity (Wildman–Crippen MR) is 36.2 cm³/mol. The van der Waals surface area contributed by atoms with Crippen LogP contribution in [0.1, 0.15) is 13.8 Å². The lowest BCUT2D eigenvalue weighted by Gasteiger charge is -2.12. The van der Waals surface area contributed by atoms with Gasteiger partial charge in [-0.25, -0.2) is 4.79 Å². The van der Waals surface area contributed by atoms with Gasteiger partial charge in [-0.05, 0) is 13.8 Å². The molecule has 13 heavy (non-hydrogen) atoms. The van der Waals surface area contributed by atoms with E-state index in [1.807, 2.05) is 0 Å². The van der Waals surface area contributed by atoms with Crippen LogP contribution < -0.4 is 0 Å². The Bertz CT molecular complexity index is 295. The summed E-state index contributed by atoms with van der Waals surface area (Å²) in [7, 11) is -6.26. The number of hydrogen-bond acceptors (Lipinski definition) is 4. The summed E-state index contributed by atoms with van der Waals surface area (Å²) in [6, 6.07) is 0. The molecule has 0 saturated heterocycles. The fourth-order valence-corrected chi connectivity index (χ4v) is 0.629. The third-order valence-corrected chi connectivity index (χ3v) is 1.67. The molecule has 0 rings (SSSR count). The minimum atomic E-state index is -6.26. The molecule has 0 spiro atoms. The van der Waals surface area contributed by atoms with Crippen molar-refractivity contribution in [2.24, 2.45) is 0 Å². The second kappa shape index (κ2) is 3.52. The van der Waals surface area contributed by atoms with Crippen LogP contribution in [0.5, 0.6) is 0 Å². The molecule has 0 saturated carbocycles. The summed E-state index contributed by atoms with van der Waals surface area (Å²) < 4.78 is 59.6. The number of halogens is 3. The largest absolute Gasteiger partial charge is 0.470 e. The van der Waals surface area contributed by atoms with Crippen molar-refractivity contribution in [3.8, 4) is 0 Å². The highest BCUT2D eigenvalue weighted by Gasteiger charge is 2.55. The summed E-state index contributed by atoms with van der Waals surface area (Å²) in [6.45, 7) is 2.44. The number of ether oxygens (including phenoxy) is 1. The second-order valence-electron chi connectivity index (χ2n) is 2.41. The third-order valence-electron chi connectivity index (χ3n) is 0.887. The zero-order valence-electron chi connectivity index (χ0n) is 6.75. The van der Waals surface area contributed by atoms with Crippen molar-refractivity contribution < 1.29 is 30.6 Å². The molecule has 0 unspecified atom stereocenters. The standard InChI is InChI=1S/C5H7F3O4S/c1-3(2)12-4(9)5(6,7)13(8,10)11/h3H,1-2H3. The van der Waals surface area contributed by atoms with E-state index in [9.17, 15) is 25.9 Å². The smallest absolute Gasteiger partial charge is 0.458 e. The molecule has 0 aromatic carbocycles. The number of esters is 1. The molecule has 78 valence electrons. The Morgan fingerprint density at radius 1 is 1.38 bits per heavy atom. The maximum atomic E-state index is 12.2. The minimum Gasteiger partial charge on any atom is -0.458 e. The summed E-state index contributed by atoms with van der Waals surface area (Å²) >= 11 is 0. The zero-order valence-corrected chi connectivity index (χ0v) is 7.57. The Kier molecular flexibility index (Phi) is 3.31. The van der Waals surface area contributed by atoms with Crippen molar-refractivity contribution in [1.29, 1.82) is 0 Å². The summed E-state index contributed by atoms with van der Waals surface area (Å²) in [5.41, 5.74) is 0. The molecule has 0 aromatic heterocycles. The summed E-state index contributed by atoms with van der Waals surface area (Å²) in [6.07, 6.45) is -0.944. The molecule has 0 bridgehead atoms. The Labute approximate surface area is 72.9 Å². The van der Waals surface area contributed by atoms with E-state index in [0.29, 0.717) is 0 Å². The third kappa shape index (κ3) is 2.87. The number of carbonyl (C=O) groups excluding carboxylic acids is 1. The SMILES string of the molecule is CC(C)OC(=O)C(F)(F)S(=O)(=O)F. The van der Waals surface area contributed by atoms with E-state index in [-0.39, 0.29) is 0 Å². The highest BCUT2D eigenvalue weighted by Crippen LogP contribution is 2.25. The maximum absolute atomic E-state index is 12.2. The Hall–Kier alpha value is -0.790. The molecule has 0 fully saturated rings. The fraction of sp³-hybridized carbons (Fsp3) is 0.800. The summed E-state index contributed by atoms with van der Waals surface area (Å²) in [4.78, 5) is 10.3. The van der Waals surface area contributed by atoms with Crippen molar-refractivity contribution in [3.05, 3.63) is 0 Å². The van der Waals surface area contributed by atoms with Gasteiger partial charge in [0.25, 0.3) is 0 Å². The maximum Gasteiger partial charge on any atom is 0.470 e. The molecule has 4 nitrogen and oxygen atoms in total. The van der Waals surface area contributed by atoms with Crippen molar-refractivity contribution in [3.63, 3.8) is 0 Å². The van der Waals surface area contributed by atoms with E-state index in [1.165, 1.54) is 13.8 Å². The molecule has 0 aliphatic rings. The number of rotatable bonds is 3. The van der Waals surface area contributed by atoms with E-state index in [4.69, 9.17) is 0 Å². The molecule has 0 N–H and O–H groups in total. The first kappa shape index (κ1) is 12.2. The van der Waals surface area contributed by atoms with E-state index in [2.05, 4.69) is 4.74 Å². The van der Waals surface area contributed by atoms with Crippen LogP contribution in [-0.2, 0) is 19.8 Å². The molecule has 0 amide bonds. The Morgan fingerprint density at radius 3 is 2.00 bits per heavy atom. The molecule has 0 radical (unpaired) electrons. The van der Waals surface area contributed by atoms with Gasteiger partial charge in [0, 0.05) is 0 Å². The predicted octanol–water partition coefficient (Wildman–Crippen LogP) is 0.830. The lowest BCUT2D eigenvalue weighted by molar-refractivity contribution is -0.165. The van der Waals surface area contributed by atoms with E-state index in [1.54, 1.807) is 0 Å². The van der Waals surface area contributed by atoms with Gasteiger partial charge >= 0.3 is 21.4 Å². The second-order valence-corrected chi connectivity index (χ2v) is 3.80. The summed E-state index contributed by atoms with van der Waals surface area (Å²) in [5, 5.41) is -5.13. The first-order valence-electron chi connectivity index (χ1n) is 3.12. The first-order valence-corrected chi connectivity index (χ1v) is 4.50. The molecular weight excluding hydrogens is 213 g/mol. The first-order chi connectivity index (χ1) is 5.59. The molecule has 0 atom stereocenters. The van der Waals surface area contributed by atoms with Gasteiger partial charge < -0.3 is 4.74 Å². The van der Waals surface area contributed by atoms with Gasteiger partial charge in [-0.1, -0.05) is 3.89 Å². The van der Waals surface area contributed by atoms with Crippen LogP contribution in [0.15, 0.2) is 0 Å². The van der Waals surface area contributed by atoms with Gasteiger partial charge in [0.15, 0.2) is 0 Å². The van der Waals surface area contributed by atoms with Crippen LogP contribution in [-0.4, -0.2) is 25.7 Å². The fourth-order valence-electron chi connectivity index (χ4n) is 0.382. The lowest BCUT2D eigenvalue weighted by Crippen LogP contribution is -2.38. The molecule has 0 aliphatic heterocycles. The quantitative estimate of drug-likeness (QED) is 0.522. The van der Waals surface area contributed by atoms with Gasteiger partial charge in [0.1, 0.15) is 0 Å². The van der Waals surface area contributed by atoms with Gasteiger partial charge in [-0.3, -0.25) is 0 Å². The van der Waals surface area contributed by atoms with Crippen molar-refractivity contribution >= 4 is 16.2 Å². The Balaban J connectivity index is 4.77. The molecule has 0 aromatic rings. The monoisotopic (exact) mass is 220 g/mol. The normalized spacial score (nSPS) is 13.1.